The van der Waals surface area contributed by atoms with Crippen LogP contribution in [0.5, 0.6) is 0 Å². The number of hydrogen-bond acceptors (Lipinski definition) is 6. The van der Waals surface area contributed by atoms with Crippen LogP contribution >= 0.6 is 23.2 Å². The summed E-state index contributed by atoms with van der Waals surface area (Å²) in [7, 11) is 0. The molecule has 0 radical (unpaired) electrons. The van der Waals surface area contributed by atoms with Crippen LogP contribution in [0.1, 0.15) is 42.7 Å². The average molecular weight is 528 g/mol. The van der Waals surface area contributed by atoms with E-state index in [9.17, 15) is 4.79 Å². The lowest BCUT2D eigenvalue weighted by Crippen LogP contribution is -2.40. The molecule has 2 fully saturated rings. The molecule has 0 atom stereocenters. The smallest absolute Gasteiger partial charge is 0.241 e. The van der Waals surface area contributed by atoms with Gasteiger partial charge in [-0.3, -0.25) is 14.6 Å². The number of carbonyl (C=O) groups is 1. The standard InChI is InChI=1S/C27H31Cl2N5O2/c28-22-7-8-23(24(29)15-22)26-31-25(36-32-26)18-34-13-9-21(10-14-34)27(35)30-16-19-3-5-20(6-4-19)17-33-11-1-2-12-33/h3-8,15,21H,1-2,9-14,16-18H2,(H,30,35). The number of nitrogens with one attached hydrogen (secondary N) is 1. The third-order valence-corrected chi connectivity index (χ3v) is 7.60. The molecular formula is C27H31Cl2N5O2. The molecule has 5 rings (SSSR count). The van der Waals surface area contributed by atoms with Crippen LogP contribution in [0.3, 0.4) is 0 Å². The summed E-state index contributed by atoms with van der Waals surface area (Å²) in [6.45, 7) is 6.16. The third-order valence-electron chi connectivity index (χ3n) is 7.05. The Morgan fingerprint density at radius 2 is 1.64 bits per heavy atom. The second kappa shape index (κ2) is 11.7. The number of benzene rings is 2. The molecule has 3 heterocycles. The molecule has 3 aromatic rings. The summed E-state index contributed by atoms with van der Waals surface area (Å²) in [5.41, 5.74) is 3.16. The molecule has 190 valence electrons. The fourth-order valence-electron chi connectivity index (χ4n) is 4.94. The highest BCUT2D eigenvalue weighted by molar-refractivity contribution is 6.36. The van der Waals surface area contributed by atoms with Crippen LogP contribution < -0.4 is 5.32 Å². The first-order valence-corrected chi connectivity index (χ1v) is 13.4. The minimum Gasteiger partial charge on any atom is -0.352 e. The van der Waals surface area contributed by atoms with Gasteiger partial charge in [-0.1, -0.05) is 52.6 Å². The number of amides is 1. The highest BCUT2D eigenvalue weighted by Crippen LogP contribution is 2.29. The zero-order valence-electron chi connectivity index (χ0n) is 20.3. The number of rotatable bonds is 8. The number of halogens is 2. The molecule has 36 heavy (non-hydrogen) atoms. The first-order valence-electron chi connectivity index (χ1n) is 12.6. The summed E-state index contributed by atoms with van der Waals surface area (Å²) in [5, 5.41) is 8.23. The van der Waals surface area contributed by atoms with Crippen molar-refractivity contribution in [1.29, 1.82) is 0 Å². The van der Waals surface area contributed by atoms with Crippen molar-refractivity contribution < 1.29 is 9.32 Å². The molecule has 1 amide bonds. The van der Waals surface area contributed by atoms with E-state index >= 15 is 0 Å². The van der Waals surface area contributed by atoms with Crippen LogP contribution in [0.15, 0.2) is 47.0 Å². The molecule has 0 saturated carbocycles. The zero-order chi connectivity index (χ0) is 24.9. The maximum absolute atomic E-state index is 12.8. The number of aromatic nitrogens is 2. The van der Waals surface area contributed by atoms with Crippen molar-refractivity contribution in [2.75, 3.05) is 26.2 Å². The highest BCUT2D eigenvalue weighted by Gasteiger charge is 2.26. The van der Waals surface area contributed by atoms with Gasteiger partial charge in [0.2, 0.25) is 17.6 Å². The Balaban J connectivity index is 1.05. The molecular weight excluding hydrogens is 497 g/mol. The van der Waals surface area contributed by atoms with E-state index in [1.165, 1.54) is 31.5 Å². The minimum atomic E-state index is 0.0295. The lowest BCUT2D eigenvalue weighted by atomic mass is 9.96. The van der Waals surface area contributed by atoms with Crippen molar-refractivity contribution in [2.24, 2.45) is 5.92 Å². The molecule has 0 bridgehead atoms. The summed E-state index contributed by atoms with van der Waals surface area (Å²) < 4.78 is 5.44. The molecule has 0 aliphatic carbocycles. The van der Waals surface area contributed by atoms with E-state index < -0.39 is 0 Å². The largest absolute Gasteiger partial charge is 0.352 e. The van der Waals surface area contributed by atoms with Crippen molar-refractivity contribution in [3.8, 4) is 11.4 Å². The fraction of sp³-hybridized carbons (Fsp3) is 0.444. The quantitative estimate of drug-likeness (QED) is 0.435. The van der Waals surface area contributed by atoms with Crippen LogP contribution in [0.4, 0.5) is 0 Å². The van der Waals surface area contributed by atoms with Crippen LogP contribution in [-0.4, -0.2) is 52.0 Å². The van der Waals surface area contributed by atoms with Gasteiger partial charge in [0.05, 0.1) is 11.6 Å². The van der Waals surface area contributed by atoms with Gasteiger partial charge in [0.15, 0.2) is 0 Å². The van der Waals surface area contributed by atoms with Gasteiger partial charge in [0.1, 0.15) is 0 Å². The van der Waals surface area contributed by atoms with Crippen molar-refractivity contribution in [3.05, 3.63) is 69.5 Å². The van der Waals surface area contributed by atoms with Crippen LogP contribution in [0.25, 0.3) is 11.4 Å². The molecule has 7 nitrogen and oxygen atoms in total. The van der Waals surface area contributed by atoms with E-state index in [0.29, 0.717) is 40.4 Å². The molecule has 0 unspecified atom stereocenters. The maximum Gasteiger partial charge on any atom is 0.241 e. The topological polar surface area (TPSA) is 74.5 Å². The van der Waals surface area contributed by atoms with Gasteiger partial charge in [0.25, 0.3) is 0 Å². The Bertz CT molecular complexity index is 1170. The summed E-state index contributed by atoms with van der Waals surface area (Å²) >= 11 is 12.2. The number of hydrogen-bond donors (Lipinski definition) is 1. The van der Waals surface area contributed by atoms with Crippen LogP contribution in [0, 0.1) is 5.92 Å². The number of carbonyl (C=O) groups excluding carboxylic acids is 1. The Morgan fingerprint density at radius 3 is 2.36 bits per heavy atom. The zero-order valence-corrected chi connectivity index (χ0v) is 21.8. The van der Waals surface area contributed by atoms with Crippen LogP contribution in [-0.2, 0) is 24.4 Å². The van der Waals surface area contributed by atoms with E-state index in [0.717, 1.165) is 38.0 Å². The van der Waals surface area contributed by atoms with Gasteiger partial charge < -0.3 is 9.84 Å². The summed E-state index contributed by atoms with van der Waals surface area (Å²) in [4.78, 5) is 22.0. The van der Waals surface area contributed by atoms with Gasteiger partial charge in [-0.2, -0.15) is 4.98 Å². The van der Waals surface area contributed by atoms with E-state index in [1.54, 1.807) is 18.2 Å². The molecule has 0 spiro atoms. The highest BCUT2D eigenvalue weighted by atomic mass is 35.5. The normalized spacial score (nSPS) is 17.5. The number of piperidine rings is 1. The third kappa shape index (κ3) is 6.45. The minimum absolute atomic E-state index is 0.0295. The van der Waals surface area contributed by atoms with Crippen molar-refractivity contribution >= 4 is 29.1 Å². The van der Waals surface area contributed by atoms with Crippen molar-refractivity contribution in [3.63, 3.8) is 0 Å². The average Bonchev–Trinajstić information content (AvgIpc) is 3.56. The Morgan fingerprint density at radius 1 is 0.944 bits per heavy atom. The molecule has 2 aliphatic rings. The lowest BCUT2D eigenvalue weighted by Gasteiger charge is -2.30. The first-order chi connectivity index (χ1) is 17.5. The van der Waals surface area contributed by atoms with E-state index in [2.05, 4.69) is 49.5 Å². The monoisotopic (exact) mass is 527 g/mol. The molecule has 9 heteroatoms. The van der Waals surface area contributed by atoms with Gasteiger partial charge in [-0.25, -0.2) is 0 Å². The van der Waals surface area contributed by atoms with E-state index in [4.69, 9.17) is 27.7 Å². The molecule has 2 saturated heterocycles. The van der Waals surface area contributed by atoms with Gasteiger partial charge in [0, 0.05) is 29.6 Å². The number of likely N-dealkylation sites (tertiary alicyclic amines) is 2. The first kappa shape index (κ1) is 25.2. The summed E-state index contributed by atoms with van der Waals surface area (Å²) in [6, 6.07) is 13.8. The van der Waals surface area contributed by atoms with Crippen molar-refractivity contribution in [2.45, 2.75) is 45.3 Å². The molecule has 2 aromatic carbocycles. The lowest BCUT2D eigenvalue weighted by molar-refractivity contribution is -0.126. The second-order valence-corrected chi connectivity index (χ2v) is 10.5. The number of nitrogens with zero attached hydrogens (tertiary/aromatic N) is 4. The molecule has 2 aliphatic heterocycles. The Labute approximate surface area is 221 Å². The van der Waals surface area contributed by atoms with Gasteiger partial charge >= 0.3 is 0 Å². The van der Waals surface area contributed by atoms with Gasteiger partial charge in [-0.05, 0) is 81.2 Å². The SMILES string of the molecule is O=C(NCc1ccc(CN2CCCC2)cc1)C1CCN(Cc2nc(-c3ccc(Cl)cc3Cl)no2)CC1. The summed E-state index contributed by atoms with van der Waals surface area (Å²) in [6.07, 6.45) is 4.23. The molecule has 1 N–H and O–H groups in total. The predicted octanol–water partition coefficient (Wildman–Crippen LogP) is 5.17. The van der Waals surface area contributed by atoms with E-state index in [1.807, 2.05) is 0 Å². The maximum atomic E-state index is 12.8. The van der Waals surface area contributed by atoms with Crippen LogP contribution in [0.2, 0.25) is 10.0 Å². The molecule has 1 aromatic heterocycles. The Hall–Kier alpha value is -2.45. The predicted molar refractivity (Wildman–Crippen MR) is 141 cm³/mol. The van der Waals surface area contributed by atoms with Crippen molar-refractivity contribution in [1.82, 2.24) is 25.3 Å². The van der Waals surface area contributed by atoms with E-state index in [-0.39, 0.29) is 11.8 Å². The van der Waals surface area contributed by atoms with Gasteiger partial charge in [-0.15, -0.1) is 0 Å². The summed E-state index contributed by atoms with van der Waals surface area (Å²) in [5.74, 6) is 1.15. The Kier molecular flexibility index (Phi) is 8.22. The second-order valence-electron chi connectivity index (χ2n) is 9.70. The fourth-order valence-corrected chi connectivity index (χ4v) is 5.43.